The maximum absolute atomic E-state index is 6.02. The fraction of sp³-hybridized carbons (Fsp3) is 0.435. The number of ether oxygens (including phenoxy) is 1. The minimum Gasteiger partial charge on any atom is -0.369 e. The molecule has 5 rings (SSSR count). The van der Waals surface area contributed by atoms with Gasteiger partial charge in [-0.25, -0.2) is 14.5 Å². The number of hydrogen-bond donors (Lipinski definition) is 1. The van der Waals surface area contributed by atoms with Crippen LogP contribution in [0.4, 0.5) is 0 Å². The van der Waals surface area contributed by atoms with Gasteiger partial charge in [0, 0.05) is 30.4 Å². The van der Waals surface area contributed by atoms with Crippen LogP contribution in [0.15, 0.2) is 24.7 Å². The lowest BCUT2D eigenvalue weighted by atomic mass is 9.95. The first kappa shape index (κ1) is 19.2. The Bertz CT molecular complexity index is 1240. The van der Waals surface area contributed by atoms with Crippen molar-refractivity contribution in [3.8, 4) is 11.3 Å². The molecule has 1 aliphatic rings. The fourth-order valence-electron chi connectivity index (χ4n) is 4.47. The van der Waals surface area contributed by atoms with Crippen LogP contribution in [-0.2, 0) is 4.74 Å². The van der Waals surface area contributed by atoms with E-state index in [0.717, 1.165) is 58.9 Å². The molecular formula is C23H28N6O. The molecule has 156 valence electrons. The molecule has 0 radical (unpaired) electrons. The van der Waals surface area contributed by atoms with E-state index in [-0.39, 0.29) is 6.10 Å². The lowest BCUT2D eigenvalue weighted by Gasteiger charge is -2.29. The maximum atomic E-state index is 6.02. The van der Waals surface area contributed by atoms with Crippen molar-refractivity contribution in [3.05, 3.63) is 47.0 Å². The van der Waals surface area contributed by atoms with Gasteiger partial charge in [-0.05, 0) is 50.1 Å². The van der Waals surface area contributed by atoms with Crippen LogP contribution in [0.3, 0.4) is 0 Å². The van der Waals surface area contributed by atoms with Gasteiger partial charge >= 0.3 is 0 Å². The highest BCUT2D eigenvalue weighted by atomic mass is 16.5. The van der Waals surface area contributed by atoms with Crippen molar-refractivity contribution in [1.82, 2.24) is 29.5 Å². The Labute approximate surface area is 176 Å². The van der Waals surface area contributed by atoms with Crippen LogP contribution in [0.1, 0.15) is 48.3 Å². The molecule has 1 saturated heterocycles. The van der Waals surface area contributed by atoms with Crippen molar-refractivity contribution in [2.75, 3.05) is 26.7 Å². The SMILES string of the molecule is Cc1c(-c2[nH]c3ccc(C4CN(C)CCO4)nc3c2C(C)C)cn2ncnc2c1C. The molecule has 1 N–H and O–H groups in total. The summed E-state index contributed by atoms with van der Waals surface area (Å²) in [5.41, 5.74) is 9.83. The summed E-state index contributed by atoms with van der Waals surface area (Å²) in [5, 5.41) is 4.37. The third kappa shape index (κ3) is 3.00. The van der Waals surface area contributed by atoms with E-state index in [9.17, 15) is 0 Å². The Balaban J connectivity index is 1.70. The van der Waals surface area contributed by atoms with Crippen LogP contribution < -0.4 is 0 Å². The second kappa shape index (κ2) is 7.18. The molecule has 1 aliphatic heterocycles. The minimum absolute atomic E-state index is 0.0157. The van der Waals surface area contributed by atoms with E-state index in [4.69, 9.17) is 9.72 Å². The summed E-state index contributed by atoms with van der Waals surface area (Å²) in [6.07, 6.45) is 3.69. The number of likely N-dealkylation sites (N-methyl/N-ethyl adjacent to an activating group) is 1. The molecule has 4 aromatic heterocycles. The second-order valence-electron chi connectivity index (χ2n) is 8.64. The third-order valence-corrected chi connectivity index (χ3v) is 6.27. The zero-order valence-corrected chi connectivity index (χ0v) is 18.2. The van der Waals surface area contributed by atoms with Crippen LogP contribution >= 0.6 is 0 Å². The van der Waals surface area contributed by atoms with Crippen LogP contribution in [0.25, 0.3) is 27.9 Å². The number of pyridine rings is 2. The molecule has 0 amide bonds. The number of hydrogen-bond acceptors (Lipinski definition) is 5. The molecule has 7 heteroatoms. The van der Waals surface area contributed by atoms with Gasteiger partial charge in [-0.3, -0.25) is 0 Å². The molecule has 1 unspecified atom stereocenters. The van der Waals surface area contributed by atoms with Crippen LogP contribution in [0, 0.1) is 13.8 Å². The molecule has 1 fully saturated rings. The maximum Gasteiger partial charge on any atom is 0.158 e. The first-order chi connectivity index (χ1) is 14.4. The highest BCUT2D eigenvalue weighted by Gasteiger charge is 2.24. The monoisotopic (exact) mass is 404 g/mol. The lowest BCUT2D eigenvalue weighted by molar-refractivity contribution is -0.0229. The average molecular weight is 405 g/mol. The number of nitrogens with zero attached hydrogens (tertiary/aromatic N) is 5. The first-order valence-corrected chi connectivity index (χ1v) is 10.6. The summed E-state index contributed by atoms with van der Waals surface area (Å²) < 4.78 is 7.88. The molecule has 7 nitrogen and oxygen atoms in total. The van der Waals surface area contributed by atoms with Crippen LogP contribution in [-0.4, -0.2) is 56.2 Å². The van der Waals surface area contributed by atoms with Crippen molar-refractivity contribution in [2.45, 2.75) is 39.7 Å². The molecule has 0 spiro atoms. The molecule has 0 bridgehead atoms. The lowest BCUT2D eigenvalue weighted by Crippen LogP contribution is -2.35. The molecule has 4 aromatic rings. The zero-order chi connectivity index (χ0) is 21.0. The summed E-state index contributed by atoms with van der Waals surface area (Å²) in [6, 6.07) is 4.23. The largest absolute Gasteiger partial charge is 0.369 e. The average Bonchev–Trinajstić information content (AvgIpc) is 3.34. The first-order valence-electron chi connectivity index (χ1n) is 10.6. The molecular weight excluding hydrogens is 376 g/mol. The van der Waals surface area contributed by atoms with Crippen LogP contribution in [0.5, 0.6) is 0 Å². The fourth-order valence-corrected chi connectivity index (χ4v) is 4.47. The Hall–Kier alpha value is -2.77. The summed E-state index contributed by atoms with van der Waals surface area (Å²) in [4.78, 5) is 15.4. The van der Waals surface area contributed by atoms with Crippen molar-refractivity contribution >= 4 is 16.7 Å². The standard InChI is InChI=1S/C23H28N6O/c1-13(2)20-21(16-10-29-23(24-12-25-29)15(4)14(16)3)27-18-7-6-17(26-22(18)20)19-11-28(5)8-9-30-19/h6-7,10,12-13,19,27H,8-9,11H2,1-5H3. The van der Waals surface area contributed by atoms with Gasteiger partial charge in [-0.1, -0.05) is 13.8 Å². The number of nitrogens with one attached hydrogen (secondary N) is 1. The number of aryl methyl sites for hydroxylation is 1. The summed E-state index contributed by atoms with van der Waals surface area (Å²) >= 11 is 0. The van der Waals surface area contributed by atoms with Gasteiger partial charge in [0.05, 0.1) is 29.0 Å². The van der Waals surface area contributed by atoms with Crippen molar-refractivity contribution < 1.29 is 4.74 Å². The topological polar surface area (TPSA) is 71.3 Å². The van der Waals surface area contributed by atoms with Gasteiger partial charge in [0.2, 0.25) is 0 Å². The Kier molecular flexibility index (Phi) is 4.60. The summed E-state index contributed by atoms with van der Waals surface area (Å²) in [7, 11) is 2.13. The van der Waals surface area contributed by atoms with Gasteiger partial charge in [-0.15, -0.1) is 0 Å². The predicted molar refractivity (Wildman–Crippen MR) is 118 cm³/mol. The van der Waals surface area contributed by atoms with Gasteiger partial charge in [-0.2, -0.15) is 5.10 Å². The number of fused-ring (bicyclic) bond motifs is 2. The van der Waals surface area contributed by atoms with Crippen molar-refractivity contribution in [1.29, 1.82) is 0 Å². The predicted octanol–water partition coefficient (Wildman–Crippen LogP) is 4.02. The second-order valence-corrected chi connectivity index (χ2v) is 8.64. The van der Waals surface area contributed by atoms with Gasteiger partial charge in [0.15, 0.2) is 5.65 Å². The molecule has 0 aromatic carbocycles. The zero-order valence-electron chi connectivity index (χ0n) is 18.2. The molecule has 30 heavy (non-hydrogen) atoms. The minimum atomic E-state index is 0.0157. The third-order valence-electron chi connectivity index (χ3n) is 6.27. The van der Waals surface area contributed by atoms with Gasteiger partial charge in [0.25, 0.3) is 0 Å². The molecule has 1 atom stereocenters. The summed E-state index contributed by atoms with van der Waals surface area (Å²) in [5.74, 6) is 0.317. The number of morpholine rings is 1. The van der Waals surface area contributed by atoms with E-state index in [1.165, 1.54) is 11.1 Å². The Morgan fingerprint density at radius 3 is 2.80 bits per heavy atom. The number of aromatic amines is 1. The van der Waals surface area contributed by atoms with Crippen LogP contribution in [0.2, 0.25) is 0 Å². The van der Waals surface area contributed by atoms with E-state index >= 15 is 0 Å². The van der Waals surface area contributed by atoms with E-state index in [1.54, 1.807) is 6.33 Å². The van der Waals surface area contributed by atoms with E-state index in [0.29, 0.717) is 5.92 Å². The number of H-pyrrole nitrogens is 1. The quantitative estimate of drug-likeness (QED) is 0.558. The van der Waals surface area contributed by atoms with E-state index in [1.807, 2.05) is 4.52 Å². The van der Waals surface area contributed by atoms with Gasteiger partial charge in [0.1, 0.15) is 12.4 Å². The van der Waals surface area contributed by atoms with E-state index < -0.39 is 0 Å². The number of rotatable bonds is 3. The Morgan fingerprint density at radius 1 is 1.20 bits per heavy atom. The molecule has 0 saturated carbocycles. The highest BCUT2D eigenvalue weighted by molar-refractivity contribution is 5.89. The Morgan fingerprint density at radius 2 is 2.03 bits per heavy atom. The highest BCUT2D eigenvalue weighted by Crippen LogP contribution is 2.37. The molecule has 0 aliphatic carbocycles. The number of aromatic nitrogens is 5. The molecule has 5 heterocycles. The summed E-state index contributed by atoms with van der Waals surface area (Å²) in [6.45, 7) is 11.3. The van der Waals surface area contributed by atoms with Crippen molar-refractivity contribution in [3.63, 3.8) is 0 Å². The van der Waals surface area contributed by atoms with Crippen molar-refractivity contribution in [2.24, 2.45) is 0 Å². The smallest absolute Gasteiger partial charge is 0.158 e. The van der Waals surface area contributed by atoms with Gasteiger partial charge < -0.3 is 14.6 Å². The normalized spacial score (nSPS) is 18.1. The van der Waals surface area contributed by atoms with E-state index in [2.05, 4.69) is 73.0 Å².